The largest absolute Gasteiger partial charge is 0.516 e. The van der Waals surface area contributed by atoms with Crippen LogP contribution in [0.15, 0.2) is 24.7 Å². The molecule has 0 unspecified atom stereocenters. The smallest absolute Gasteiger partial charge is 0.0748 e. The van der Waals surface area contributed by atoms with Gasteiger partial charge in [-0.2, -0.15) is 0 Å². The highest BCUT2D eigenvalue weighted by Gasteiger charge is 1.91. The fourth-order valence-electron chi connectivity index (χ4n) is 1.63. The average Bonchev–Trinajstić information content (AvgIpc) is 2.54. The van der Waals surface area contributed by atoms with E-state index >= 15 is 0 Å². The van der Waals surface area contributed by atoms with E-state index in [1.807, 2.05) is 0 Å². The third-order valence-electron chi connectivity index (χ3n) is 2.86. The van der Waals surface area contributed by atoms with E-state index in [2.05, 4.69) is 6.92 Å². The Morgan fingerprint density at radius 1 is 0.667 bits per heavy atom. The summed E-state index contributed by atoms with van der Waals surface area (Å²) in [5.74, 6) is 0. The molecule has 4 N–H and O–H groups in total. The zero-order valence-corrected chi connectivity index (χ0v) is 14.6. The van der Waals surface area contributed by atoms with Crippen molar-refractivity contribution >= 4 is 0 Å². The van der Waals surface area contributed by atoms with Crippen molar-refractivity contribution in [3.63, 3.8) is 0 Å². The summed E-state index contributed by atoms with van der Waals surface area (Å²) < 4.78 is 0. The topological polar surface area (TPSA) is 66.5 Å². The fourth-order valence-corrected chi connectivity index (χ4v) is 1.63. The molecule has 0 rings (SSSR count). The fraction of sp³-hybridized carbons (Fsp3) is 0.778. The molecule has 0 aliphatic rings. The summed E-state index contributed by atoms with van der Waals surface area (Å²) in [5, 5.41) is 15.4. The zero-order chi connectivity index (χ0) is 16.6. The summed E-state index contributed by atoms with van der Waals surface area (Å²) in [7, 11) is 0. The molecule has 0 atom stereocenters. The van der Waals surface area contributed by atoms with Crippen molar-refractivity contribution < 1.29 is 10.2 Å². The van der Waals surface area contributed by atoms with Crippen molar-refractivity contribution in [1.29, 1.82) is 0 Å². The number of hydrogen-bond donors (Lipinski definition) is 3. The van der Waals surface area contributed by atoms with E-state index in [9.17, 15) is 0 Å². The van der Waals surface area contributed by atoms with Crippen molar-refractivity contribution in [2.45, 2.75) is 85.0 Å². The molecule has 3 nitrogen and oxygen atoms in total. The van der Waals surface area contributed by atoms with Gasteiger partial charge in [-0.05, 0) is 26.8 Å². The van der Waals surface area contributed by atoms with Crippen LogP contribution in [0.5, 0.6) is 0 Å². The molecule has 128 valence electrons. The summed E-state index contributed by atoms with van der Waals surface area (Å²) in [5.41, 5.74) is 5.42. The van der Waals surface area contributed by atoms with Gasteiger partial charge in [0.15, 0.2) is 0 Å². The third kappa shape index (κ3) is 45.4. The van der Waals surface area contributed by atoms with Gasteiger partial charge in [-0.25, -0.2) is 0 Å². The Morgan fingerprint density at radius 3 is 1.19 bits per heavy atom. The van der Waals surface area contributed by atoms with Gasteiger partial charge in [0.1, 0.15) is 0 Å². The lowest BCUT2D eigenvalue weighted by molar-refractivity contribution is 0.472. The number of rotatable bonds is 10. The van der Waals surface area contributed by atoms with Gasteiger partial charge in [0, 0.05) is 0 Å². The van der Waals surface area contributed by atoms with E-state index < -0.39 is 0 Å². The van der Waals surface area contributed by atoms with Gasteiger partial charge in [0.25, 0.3) is 0 Å². The first kappa shape index (κ1) is 25.0. The maximum absolute atomic E-state index is 7.69. The molecule has 3 heteroatoms. The highest BCUT2D eigenvalue weighted by Crippen LogP contribution is 2.09. The number of aliphatic hydroxyl groups is 2. The minimum atomic E-state index is 0.872. The highest BCUT2D eigenvalue weighted by molar-refractivity contribution is 4.60. The van der Waals surface area contributed by atoms with Crippen LogP contribution in [0.2, 0.25) is 0 Å². The summed E-state index contributed by atoms with van der Waals surface area (Å²) >= 11 is 0. The van der Waals surface area contributed by atoms with Crippen LogP contribution < -0.4 is 5.73 Å². The highest BCUT2D eigenvalue weighted by atomic mass is 16.2. The summed E-state index contributed by atoms with van der Waals surface area (Å²) in [6.45, 7) is 6.64. The first-order valence-corrected chi connectivity index (χ1v) is 8.45. The van der Waals surface area contributed by atoms with E-state index in [4.69, 9.17) is 15.9 Å². The molecule has 0 aliphatic carbocycles. The lowest BCUT2D eigenvalue weighted by atomic mass is 10.1. The second-order valence-electron chi connectivity index (χ2n) is 4.94. The molecule has 0 bridgehead atoms. The van der Waals surface area contributed by atoms with E-state index in [1.165, 1.54) is 64.2 Å². The molecule has 0 aromatic carbocycles. The van der Waals surface area contributed by atoms with Gasteiger partial charge in [-0.1, -0.05) is 76.9 Å². The lowest BCUT2D eigenvalue weighted by Crippen LogP contribution is -1.97. The van der Waals surface area contributed by atoms with Crippen molar-refractivity contribution in [3.05, 3.63) is 24.7 Å². The molecule has 0 aromatic heterocycles. The monoisotopic (exact) mass is 301 g/mol. The first-order chi connectivity index (χ1) is 10.2. The quantitative estimate of drug-likeness (QED) is 0.341. The minimum absolute atomic E-state index is 0.872. The summed E-state index contributed by atoms with van der Waals surface area (Å²) in [6.07, 6.45) is 19.0. The zero-order valence-electron chi connectivity index (χ0n) is 14.6. The van der Waals surface area contributed by atoms with E-state index in [0.29, 0.717) is 0 Å². The predicted octanol–water partition coefficient (Wildman–Crippen LogP) is 6.02. The van der Waals surface area contributed by atoms with Crippen molar-refractivity contribution in [3.8, 4) is 0 Å². The maximum atomic E-state index is 7.69. The molecule has 0 aromatic rings. The third-order valence-corrected chi connectivity index (χ3v) is 2.86. The number of allylic oxidation sites excluding steroid dienone is 2. The van der Waals surface area contributed by atoms with Gasteiger partial charge >= 0.3 is 0 Å². The normalized spacial score (nSPS) is 10.1. The van der Waals surface area contributed by atoms with E-state index in [0.717, 1.165) is 19.1 Å². The number of aliphatic hydroxyl groups excluding tert-OH is 2. The molecule has 0 saturated carbocycles. The molecule has 0 heterocycles. The van der Waals surface area contributed by atoms with Crippen LogP contribution in [0.25, 0.3) is 0 Å². The van der Waals surface area contributed by atoms with Gasteiger partial charge < -0.3 is 15.9 Å². The molecule has 0 aliphatic heterocycles. The van der Waals surface area contributed by atoms with Crippen molar-refractivity contribution in [2.24, 2.45) is 5.73 Å². The van der Waals surface area contributed by atoms with Crippen LogP contribution in [-0.4, -0.2) is 16.8 Å². The Kier molecular flexibility index (Phi) is 37.5. The summed E-state index contributed by atoms with van der Waals surface area (Å²) in [6, 6.07) is 0. The van der Waals surface area contributed by atoms with E-state index in [-0.39, 0.29) is 0 Å². The second kappa shape index (κ2) is 31.4. The van der Waals surface area contributed by atoms with Crippen molar-refractivity contribution in [2.75, 3.05) is 6.54 Å². The van der Waals surface area contributed by atoms with Gasteiger partial charge in [0.05, 0.1) is 12.5 Å². The Labute approximate surface area is 133 Å². The second-order valence-corrected chi connectivity index (χ2v) is 4.94. The molecule has 0 spiro atoms. The van der Waals surface area contributed by atoms with Crippen LogP contribution in [-0.2, 0) is 0 Å². The van der Waals surface area contributed by atoms with Crippen LogP contribution in [0, 0.1) is 0 Å². The molecular formula is C18H39NO2. The standard InChI is InChI=1S/C12H27N.2C3H6O/c1-2-3-4-5-6-7-8-9-10-11-12-13;2*1-2-3-4/h2-13H2,1H3;2*2-4H,1H3. The number of unbranched alkanes of at least 4 members (excludes halogenated alkanes) is 9. The minimum Gasteiger partial charge on any atom is -0.516 e. The molecule has 0 saturated heterocycles. The molecule has 0 radical (unpaired) electrons. The molecular weight excluding hydrogens is 262 g/mol. The first-order valence-electron chi connectivity index (χ1n) is 8.45. The van der Waals surface area contributed by atoms with Gasteiger partial charge in [0.2, 0.25) is 0 Å². The van der Waals surface area contributed by atoms with Gasteiger partial charge in [-0.15, -0.1) is 0 Å². The predicted molar refractivity (Wildman–Crippen MR) is 95.8 cm³/mol. The number of hydrogen-bond acceptors (Lipinski definition) is 3. The average molecular weight is 302 g/mol. The van der Waals surface area contributed by atoms with Crippen LogP contribution in [0.3, 0.4) is 0 Å². The molecule has 0 fully saturated rings. The Balaban J connectivity index is -0.000000334. The van der Waals surface area contributed by atoms with Gasteiger partial charge in [-0.3, -0.25) is 0 Å². The Morgan fingerprint density at radius 2 is 0.952 bits per heavy atom. The van der Waals surface area contributed by atoms with Crippen molar-refractivity contribution in [1.82, 2.24) is 0 Å². The molecule has 0 amide bonds. The van der Waals surface area contributed by atoms with Crippen LogP contribution in [0.4, 0.5) is 0 Å². The Hall–Kier alpha value is -0.960. The van der Waals surface area contributed by atoms with E-state index in [1.54, 1.807) is 26.0 Å². The van der Waals surface area contributed by atoms with Crippen LogP contribution >= 0.6 is 0 Å². The number of nitrogens with two attached hydrogens (primary N) is 1. The van der Waals surface area contributed by atoms with Crippen LogP contribution in [0.1, 0.15) is 85.0 Å². The SMILES string of the molecule is CC=CO.CC=CO.CCCCCCCCCCCCN. The lowest BCUT2D eigenvalue weighted by Gasteiger charge is -2.00. The summed E-state index contributed by atoms with van der Waals surface area (Å²) in [4.78, 5) is 0. The maximum Gasteiger partial charge on any atom is 0.0748 e. The Bertz CT molecular complexity index is 164. The molecule has 21 heavy (non-hydrogen) atoms.